The molecule has 106 valence electrons. The SMILES string of the molecule is CCCCCCCC[C@@H](NC1CCNC1)C(=O)O. The molecule has 1 rings (SSSR count). The smallest absolute Gasteiger partial charge is 0.320 e. The summed E-state index contributed by atoms with van der Waals surface area (Å²) in [6.07, 6.45) is 9.07. The number of rotatable bonds is 10. The van der Waals surface area contributed by atoms with Crippen LogP contribution in [0.3, 0.4) is 0 Å². The Labute approximate surface area is 111 Å². The van der Waals surface area contributed by atoms with Crippen molar-refractivity contribution in [3.05, 3.63) is 0 Å². The first-order valence-electron chi connectivity index (χ1n) is 7.43. The van der Waals surface area contributed by atoms with Crippen molar-refractivity contribution >= 4 is 5.97 Å². The van der Waals surface area contributed by atoms with E-state index in [4.69, 9.17) is 0 Å². The maximum absolute atomic E-state index is 11.2. The molecule has 4 heteroatoms. The first-order chi connectivity index (χ1) is 8.74. The van der Waals surface area contributed by atoms with E-state index in [2.05, 4.69) is 17.6 Å². The summed E-state index contributed by atoms with van der Waals surface area (Å²) in [5.74, 6) is -0.699. The predicted molar refractivity (Wildman–Crippen MR) is 73.8 cm³/mol. The van der Waals surface area contributed by atoms with Gasteiger partial charge in [0.15, 0.2) is 0 Å². The molecule has 1 heterocycles. The molecular weight excluding hydrogens is 228 g/mol. The van der Waals surface area contributed by atoms with E-state index in [9.17, 15) is 9.90 Å². The van der Waals surface area contributed by atoms with Gasteiger partial charge in [0.05, 0.1) is 0 Å². The Morgan fingerprint density at radius 1 is 1.33 bits per heavy atom. The fraction of sp³-hybridized carbons (Fsp3) is 0.929. The Kier molecular flexibility index (Phi) is 8.01. The molecule has 18 heavy (non-hydrogen) atoms. The molecule has 1 saturated heterocycles. The van der Waals surface area contributed by atoms with Gasteiger partial charge in [0.2, 0.25) is 0 Å². The van der Waals surface area contributed by atoms with E-state index in [1.807, 2.05) is 0 Å². The summed E-state index contributed by atoms with van der Waals surface area (Å²) in [7, 11) is 0. The molecular formula is C14H28N2O2. The molecule has 4 nitrogen and oxygen atoms in total. The van der Waals surface area contributed by atoms with Crippen LogP contribution in [0.5, 0.6) is 0 Å². The normalized spacial score (nSPS) is 21.1. The van der Waals surface area contributed by atoms with Gasteiger partial charge < -0.3 is 15.7 Å². The molecule has 1 unspecified atom stereocenters. The van der Waals surface area contributed by atoms with Gasteiger partial charge in [0.25, 0.3) is 0 Å². The summed E-state index contributed by atoms with van der Waals surface area (Å²) < 4.78 is 0. The first-order valence-corrected chi connectivity index (χ1v) is 7.43. The minimum atomic E-state index is -0.699. The highest BCUT2D eigenvalue weighted by atomic mass is 16.4. The lowest BCUT2D eigenvalue weighted by Crippen LogP contribution is -2.44. The van der Waals surface area contributed by atoms with Gasteiger partial charge in [0.1, 0.15) is 6.04 Å². The molecule has 0 spiro atoms. The van der Waals surface area contributed by atoms with Crippen molar-refractivity contribution in [2.75, 3.05) is 13.1 Å². The van der Waals surface area contributed by atoms with Gasteiger partial charge in [-0.1, -0.05) is 45.4 Å². The molecule has 0 bridgehead atoms. The summed E-state index contributed by atoms with van der Waals surface area (Å²) in [5, 5.41) is 15.7. The molecule has 0 saturated carbocycles. The van der Waals surface area contributed by atoms with Crippen LogP contribution in [-0.4, -0.2) is 36.2 Å². The number of carboxylic acid groups (broad SMARTS) is 1. The zero-order valence-electron chi connectivity index (χ0n) is 11.6. The van der Waals surface area contributed by atoms with Crippen molar-refractivity contribution in [2.45, 2.75) is 70.4 Å². The Bertz CT molecular complexity index is 228. The molecule has 1 aliphatic rings. The number of carboxylic acids is 1. The summed E-state index contributed by atoms with van der Waals surface area (Å²) in [4.78, 5) is 11.2. The maximum atomic E-state index is 11.2. The number of hydrogen-bond donors (Lipinski definition) is 3. The van der Waals surface area contributed by atoms with E-state index in [1.54, 1.807) is 0 Å². The highest BCUT2D eigenvalue weighted by Gasteiger charge is 2.22. The summed E-state index contributed by atoms with van der Waals surface area (Å²) >= 11 is 0. The topological polar surface area (TPSA) is 61.4 Å². The quantitative estimate of drug-likeness (QED) is 0.524. The van der Waals surface area contributed by atoms with E-state index in [0.29, 0.717) is 6.04 Å². The molecule has 3 N–H and O–H groups in total. The second-order valence-corrected chi connectivity index (χ2v) is 5.30. The van der Waals surface area contributed by atoms with Gasteiger partial charge in [0, 0.05) is 12.6 Å². The van der Waals surface area contributed by atoms with E-state index in [-0.39, 0.29) is 6.04 Å². The Balaban J connectivity index is 2.11. The van der Waals surface area contributed by atoms with Gasteiger partial charge in [-0.15, -0.1) is 0 Å². The molecule has 1 fully saturated rings. The number of nitrogens with one attached hydrogen (secondary N) is 2. The van der Waals surface area contributed by atoms with Gasteiger partial charge in [-0.3, -0.25) is 4.79 Å². The number of aliphatic carboxylic acids is 1. The molecule has 0 aromatic heterocycles. The predicted octanol–water partition coefficient (Wildman–Crippen LogP) is 2.14. The van der Waals surface area contributed by atoms with Crippen LogP contribution in [0.15, 0.2) is 0 Å². The van der Waals surface area contributed by atoms with Crippen molar-refractivity contribution in [2.24, 2.45) is 0 Å². The van der Waals surface area contributed by atoms with Crippen LogP contribution in [0.25, 0.3) is 0 Å². The van der Waals surface area contributed by atoms with Gasteiger partial charge in [-0.2, -0.15) is 0 Å². The van der Waals surface area contributed by atoms with Gasteiger partial charge in [-0.05, 0) is 19.4 Å². The molecule has 1 aliphatic heterocycles. The third-order valence-electron chi connectivity index (χ3n) is 3.64. The van der Waals surface area contributed by atoms with Crippen molar-refractivity contribution in [3.63, 3.8) is 0 Å². The summed E-state index contributed by atoms with van der Waals surface area (Å²) in [6.45, 7) is 4.11. The third-order valence-corrected chi connectivity index (χ3v) is 3.64. The number of carbonyl (C=O) groups is 1. The highest BCUT2D eigenvalue weighted by molar-refractivity contribution is 5.73. The van der Waals surface area contributed by atoms with Crippen LogP contribution in [0.4, 0.5) is 0 Å². The molecule has 0 aromatic rings. The van der Waals surface area contributed by atoms with E-state index in [1.165, 1.54) is 25.7 Å². The lowest BCUT2D eigenvalue weighted by molar-refractivity contribution is -0.139. The average molecular weight is 256 g/mol. The third kappa shape index (κ3) is 6.36. The fourth-order valence-electron chi connectivity index (χ4n) is 2.49. The van der Waals surface area contributed by atoms with E-state index in [0.717, 1.165) is 38.8 Å². The first kappa shape index (κ1) is 15.4. The average Bonchev–Trinajstić information content (AvgIpc) is 2.84. The lowest BCUT2D eigenvalue weighted by atomic mass is 10.0. The van der Waals surface area contributed by atoms with Crippen LogP contribution in [0.1, 0.15) is 58.3 Å². The molecule has 2 atom stereocenters. The second-order valence-electron chi connectivity index (χ2n) is 5.30. The maximum Gasteiger partial charge on any atom is 0.320 e. The summed E-state index contributed by atoms with van der Waals surface area (Å²) in [5.41, 5.74) is 0. The Morgan fingerprint density at radius 2 is 2.06 bits per heavy atom. The number of hydrogen-bond acceptors (Lipinski definition) is 3. The highest BCUT2D eigenvalue weighted by Crippen LogP contribution is 2.10. The monoisotopic (exact) mass is 256 g/mol. The van der Waals surface area contributed by atoms with Gasteiger partial charge >= 0.3 is 5.97 Å². The minimum absolute atomic E-state index is 0.339. The van der Waals surface area contributed by atoms with Crippen LogP contribution < -0.4 is 10.6 Å². The molecule has 0 aromatic carbocycles. The van der Waals surface area contributed by atoms with E-state index >= 15 is 0 Å². The van der Waals surface area contributed by atoms with Crippen molar-refractivity contribution in [3.8, 4) is 0 Å². The van der Waals surface area contributed by atoms with Crippen molar-refractivity contribution < 1.29 is 9.90 Å². The second kappa shape index (κ2) is 9.34. The lowest BCUT2D eigenvalue weighted by Gasteiger charge is -2.18. The standard InChI is InChI=1S/C14H28N2O2/c1-2-3-4-5-6-7-8-13(14(17)18)16-12-9-10-15-11-12/h12-13,15-16H,2-11H2,1H3,(H,17,18)/t12?,13-/m1/s1. The Hall–Kier alpha value is -0.610. The van der Waals surface area contributed by atoms with Crippen LogP contribution in [-0.2, 0) is 4.79 Å². The van der Waals surface area contributed by atoms with Crippen molar-refractivity contribution in [1.29, 1.82) is 0 Å². The van der Waals surface area contributed by atoms with Crippen LogP contribution >= 0.6 is 0 Å². The zero-order valence-corrected chi connectivity index (χ0v) is 11.6. The number of unbranched alkanes of at least 4 members (excludes halogenated alkanes) is 5. The Morgan fingerprint density at radius 3 is 2.67 bits per heavy atom. The van der Waals surface area contributed by atoms with Gasteiger partial charge in [-0.25, -0.2) is 0 Å². The summed E-state index contributed by atoms with van der Waals surface area (Å²) in [6, 6.07) is -0.0210. The minimum Gasteiger partial charge on any atom is -0.480 e. The molecule has 0 aliphatic carbocycles. The molecule has 0 amide bonds. The van der Waals surface area contributed by atoms with Crippen LogP contribution in [0, 0.1) is 0 Å². The van der Waals surface area contributed by atoms with Crippen LogP contribution in [0.2, 0.25) is 0 Å². The van der Waals surface area contributed by atoms with E-state index < -0.39 is 5.97 Å². The zero-order chi connectivity index (χ0) is 13.2. The largest absolute Gasteiger partial charge is 0.480 e. The fourth-order valence-corrected chi connectivity index (χ4v) is 2.49. The van der Waals surface area contributed by atoms with Crippen molar-refractivity contribution in [1.82, 2.24) is 10.6 Å². The molecule has 0 radical (unpaired) electrons.